The van der Waals surface area contributed by atoms with Crippen LogP contribution in [0.2, 0.25) is 0 Å². The van der Waals surface area contributed by atoms with Crippen LogP contribution in [-0.2, 0) is 11.0 Å². The van der Waals surface area contributed by atoms with Gasteiger partial charge in [-0.2, -0.15) is 13.2 Å². The summed E-state index contributed by atoms with van der Waals surface area (Å²) in [6.45, 7) is 4.27. The molecule has 1 aromatic heterocycles. The van der Waals surface area contributed by atoms with Gasteiger partial charge in [0.15, 0.2) is 0 Å². The van der Waals surface area contributed by atoms with E-state index in [0.717, 1.165) is 30.8 Å². The third kappa shape index (κ3) is 3.29. The minimum Gasteiger partial charge on any atom is -0.369 e. The maximum absolute atomic E-state index is 12.9. The molecule has 24 heavy (non-hydrogen) atoms. The third-order valence-corrected chi connectivity index (χ3v) is 4.33. The Hall–Kier alpha value is -2.31. The van der Waals surface area contributed by atoms with E-state index in [4.69, 9.17) is 0 Å². The summed E-state index contributed by atoms with van der Waals surface area (Å²) in [6, 6.07) is 5.47. The van der Waals surface area contributed by atoms with Gasteiger partial charge in [0.05, 0.1) is 11.1 Å². The predicted molar refractivity (Wildman–Crippen MR) is 85.8 cm³/mol. The van der Waals surface area contributed by atoms with Gasteiger partial charge in [-0.15, -0.1) is 0 Å². The minimum atomic E-state index is -4.38. The van der Waals surface area contributed by atoms with E-state index in [1.54, 1.807) is 11.8 Å². The molecule has 7 heteroatoms. The van der Waals surface area contributed by atoms with Crippen molar-refractivity contribution in [1.82, 2.24) is 9.88 Å². The lowest BCUT2D eigenvalue weighted by atomic mass is 10.1. The highest BCUT2D eigenvalue weighted by Gasteiger charge is 2.31. The first kappa shape index (κ1) is 16.5. The number of anilines is 1. The molecule has 128 valence electrons. The van der Waals surface area contributed by atoms with E-state index in [2.05, 4.69) is 9.88 Å². The molecule has 4 nitrogen and oxygen atoms in total. The fourth-order valence-corrected chi connectivity index (χ4v) is 3.06. The Morgan fingerprint density at radius 1 is 1.12 bits per heavy atom. The van der Waals surface area contributed by atoms with E-state index >= 15 is 0 Å². The largest absolute Gasteiger partial charge is 0.416 e. The van der Waals surface area contributed by atoms with Crippen LogP contribution in [0.3, 0.4) is 0 Å². The Labute approximate surface area is 137 Å². The molecule has 0 bridgehead atoms. The molecule has 0 N–H and O–H groups in total. The van der Waals surface area contributed by atoms with E-state index in [1.165, 1.54) is 12.3 Å². The molecule has 1 aliphatic rings. The van der Waals surface area contributed by atoms with Crippen molar-refractivity contribution in [1.29, 1.82) is 0 Å². The number of aromatic nitrogens is 1. The molecular weight excluding hydrogens is 319 g/mol. The molecule has 1 fully saturated rings. The van der Waals surface area contributed by atoms with E-state index < -0.39 is 11.7 Å². The van der Waals surface area contributed by atoms with Gasteiger partial charge in [0.25, 0.3) is 0 Å². The number of hydrogen-bond donors (Lipinski definition) is 0. The number of amides is 1. The second-order valence-corrected chi connectivity index (χ2v) is 5.91. The molecule has 2 heterocycles. The monoisotopic (exact) mass is 337 g/mol. The van der Waals surface area contributed by atoms with Gasteiger partial charge in [-0.1, -0.05) is 6.07 Å². The smallest absolute Gasteiger partial charge is 0.369 e. The molecule has 1 saturated heterocycles. The summed E-state index contributed by atoms with van der Waals surface area (Å²) in [5.41, 5.74) is 0.493. The Balaban J connectivity index is 1.93. The second kappa shape index (κ2) is 6.30. The fourth-order valence-electron chi connectivity index (χ4n) is 3.06. The molecule has 0 aliphatic carbocycles. The summed E-state index contributed by atoms with van der Waals surface area (Å²) in [5.74, 6) is 0.0475. The molecule has 0 radical (unpaired) electrons. The van der Waals surface area contributed by atoms with Crippen molar-refractivity contribution in [3.8, 4) is 0 Å². The van der Waals surface area contributed by atoms with Crippen molar-refractivity contribution < 1.29 is 18.0 Å². The van der Waals surface area contributed by atoms with E-state index in [0.29, 0.717) is 30.5 Å². The Morgan fingerprint density at radius 2 is 1.92 bits per heavy atom. The fraction of sp³-hybridized carbons (Fsp3) is 0.412. The van der Waals surface area contributed by atoms with Crippen LogP contribution in [-0.4, -0.2) is 42.0 Å². The van der Waals surface area contributed by atoms with Crippen LogP contribution in [0.25, 0.3) is 10.9 Å². The van der Waals surface area contributed by atoms with Crippen LogP contribution < -0.4 is 4.90 Å². The van der Waals surface area contributed by atoms with Gasteiger partial charge >= 0.3 is 6.18 Å². The zero-order valence-electron chi connectivity index (χ0n) is 13.3. The highest BCUT2D eigenvalue weighted by atomic mass is 19.4. The average molecular weight is 337 g/mol. The number of rotatable bonds is 1. The van der Waals surface area contributed by atoms with Crippen molar-refractivity contribution in [3.05, 3.63) is 36.0 Å². The van der Waals surface area contributed by atoms with Gasteiger partial charge in [0.1, 0.15) is 0 Å². The average Bonchev–Trinajstić information content (AvgIpc) is 2.79. The molecule has 1 amide bonds. The van der Waals surface area contributed by atoms with Crippen LogP contribution in [0.4, 0.5) is 18.9 Å². The summed E-state index contributed by atoms with van der Waals surface area (Å²) >= 11 is 0. The number of carbonyl (C=O) groups is 1. The number of pyridine rings is 1. The van der Waals surface area contributed by atoms with Gasteiger partial charge in [-0.05, 0) is 24.6 Å². The summed E-state index contributed by atoms with van der Waals surface area (Å²) in [4.78, 5) is 19.5. The van der Waals surface area contributed by atoms with E-state index in [-0.39, 0.29) is 5.91 Å². The van der Waals surface area contributed by atoms with Crippen molar-refractivity contribution in [2.75, 3.05) is 31.1 Å². The summed E-state index contributed by atoms with van der Waals surface area (Å²) in [7, 11) is 0. The third-order valence-electron chi connectivity index (χ3n) is 4.33. The first-order valence-corrected chi connectivity index (χ1v) is 7.83. The lowest BCUT2D eigenvalue weighted by Gasteiger charge is -2.24. The van der Waals surface area contributed by atoms with Crippen LogP contribution >= 0.6 is 0 Å². The maximum Gasteiger partial charge on any atom is 0.416 e. The standard InChI is InChI=1S/C17H18F3N3O/c1-12(24)22-7-2-8-23(10-9-22)16-5-6-21-15-11-13(17(18,19)20)3-4-14(15)16/h3-6,11H,2,7-10H2,1H3. The van der Waals surface area contributed by atoms with Gasteiger partial charge < -0.3 is 9.80 Å². The van der Waals surface area contributed by atoms with Gasteiger partial charge in [-0.25, -0.2) is 0 Å². The Morgan fingerprint density at radius 3 is 2.62 bits per heavy atom. The Bertz CT molecular complexity index is 760. The first-order valence-electron chi connectivity index (χ1n) is 7.83. The minimum absolute atomic E-state index is 0.0475. The summed E-state index contributed by atoms with van der Waals surface area (Å²) in [6.07, 6.45) is -2.02. The lowest BCUT2D eigenvalue weighted by Crippen LogP contribution is -2.33. The first-order chi connectivity index (χ1) is 11.4. The summed E-state index contributed by atoms with van der Waals surface area (Å²) in [5, 5.41) is 0.696. The molecule has 0 saturated carbocycles. The Kier molecular flexibility index (Phi) is 4.34. The van der Waals surface area contributed by atoms with Crippen molar-refractivity contribution >= 4 is 22.5 Å². The quantitative estimate of drug-likeness (QED) is 0.801. The normalized spacial score (nSPS) is 16.3. The molecule has 2 aromatic rings. The number of nitrogens with zero attached hydrogens (tertiary/aromatic N) is 3. The number of carbonyl (C=O) groups excluding carboxylic acids is 1. The van der Waals surface area contributed by atoms with Gasteiger partial charge in [-0.3, -0.25) is 9.78 Å². The number of benzene rings is 1. The SMILES string of the molecule is CC(=O)N1CCCN(c2ccnc3cc(C(F)(F)F)ccc23)CC1. The van der Waals surface area contributed by atoms with Crippen LogP contribution in [0.15, 0.2) is 30.5 Å². The van der Waals surface area contributed by atoms with Gasteiger partial charge in [0.2, 0.25) is 5.91 Å². The maximum atomic E-state index is 12.9. The molecular formula is C17H18F3N3O. The predicted octanol–water partition coefficient (Wildman–Crippen LogP) is 3.31. The van der Waals surface area contributed by atoms with Gasteiger partial charge in [0, 0.05) is 50.4 Å². The van der Waals surface area contributed by atoms with Crippen LogP contribution in [0, 0.1) is 0 Å². The highest BCUT2D eigenvalue weighted by molar-refractivity contribution is 5.92. The molecule has 1 aliphatic heterocycles. The number of hydrogen-bond acceptors (Lipinski definition) is 3. The molecule has 0 atom stereocenters. The van der Waals surface area contributed by atoms with Crippen LogP contribution in [0.1, 0.15) is 18.9 Å². The van der Waals surface area contributed by atoms with Crippen molar-refractivity contribution in [2.45, 2.75) is 19.5 Å². The summed E-state index contributed by atoms with van der Waals surface area (Å²) < 4.78 is 38.6. The van der Waals surface area contributed by atoms with Crippen molar-refractivity contribution in [3.63, 3.8) is 0 Å². The lowest BCUT2D eigenvalue weighted by molar-refractivity contribution is -0.137. The molecule has 0 unspecified atom stereocenters. The van der Waals surface area contributed by atoms with E-state index in [9.17, 15) is 18.0 Å². The topological polar surface area (TPSA) is 36.4 Å². The molecule has 1 aromatic carbocycles. The highest BCUT2D eigenvalue weighted by Crippen LogP contribution is 2.33. The second-order valence-electron chi connectivity index (χ2n) is 5.91. The van der Waals surface area contributed by atoms with Crippen molar-refractivity contribution in [2.24, 2.45) is 0 Å². The zero-order chi connectivity index (χ0) is 17.3. The number of alkyl halides is 3. The zero-order valence-corrected chi connectivity index (χ0v) is 13.3. The number of fused-ring (bicyclic) bond motifs is 1. The van der Waals surface area contributed by atoms with Crippen LogP contribution in [0.5, 0.6) is 0 Å². The molecule has 0 spiro atoms. The molecule has 3 rings (SSSR count). The van der Waals surface area contributed by atoms with E-state index in [1.807, 2.05) is 6.07 Å². The number of halogens is 3.